The van der Waals surface area contributed by atoms with Crippen LogP contribution in [0.3, 0.4) is 0 Å². The first-order valence-corrected chi connectivity index (χ1v) is 10.6. The van der Waals surface area contributed by atoms with Crippen LogP contribution in [0.15, 0.2) is 4.90 Å². The molecule has 0 aromatic heterocycles. The van der Waals surface area contributed by atoms with Crippen LogP contribution in [0.2, 0.25) is 25.1 Å². The molecule has 1 aromatic rings. The van der Waals surface area contributed by atoms with E-state index >= 15 is 0 Å². The minimum absolute atomic E-state index is 0.191. The van der Waals surface area contributed by atoms with Crippen LogP contribution in [-0.4, -0.2) is 6.54 Å². The van der Waals surface area contributed by atoms with Gasteiger partial charge in [0.25, 0.3) is 0 Å². The summed E-state index contributed by atoms with van der Waals surface area (Å²) in [4.78, 5) is 0.618. The van der Waals surface area contributed by atoms with E-state index in [9.17, 15) is 0 Å². The average Bonchev–Trinajstić information content (AvgIpc) is 2.55. The lowest BCUT2D eigenvalue weighted by atomic mass is 10.1. The number of halogens is 5. The van der Waals surface area contributed by atoms with E-state index in [1.165, 1.54) is 56.9 Å². The minimum Gasteiger partial charge on any atom is -0.260 e. The molecular weight excluding hydrogens is 416 g/mol. The fraction of sp³-hybridized carbons (Fsp3) is 0.625. The first kappa shape index (κ1) is 22.0. The number of nitrogens with one attached hydrogen (secondary N) is 1. The van der Waals surface area contributed by atoms with Gasteiger partial charge in [0.15, 0.2) is 0 Å². The van der Waals surface area contributed by atoms with Crippen molar-refractivity contribution in [2.24, 2.45) is 0 Å². The molecule has 0 amide bonds. The van der Waals surface area contributed by atoms with Crippen LogP contribution in [0.4, 0.5) is 0 Å². The van der Waals surface area contributed by atoms with Gasteiger partial charge in [0.1, 0.15) is 0 Å². The predicted octanol–water partition coefficient (Wildman–Crippen LogP) is 8.69. The Balaban J connectivity index is 2.27. The Morgan fingerprint density at radius 3 is 1.61 bits per heavy atom. The minimum atomic E-state index is 0.191. The molecule has 132 valence electrons. The standard InChI is InChI=1S/C16H22Cl5NS/c1-2-3-4-5-6-7-8-9-10-22-23-16-14(20)12(18)11(17)13(19)15(16)21/h22H,2-10H2,1H3. The lowest BCUT2D eigenvalue weighted by Gasteiger charge is -2.12. The molecule has 1 nitrogen and oxygen atoms in total. The van der Waals surface area contributed by atoms with Crippen molar-refractivity contribution in [1.29, 1.82) is 0 Å². The maximum atomic E-state index is 6.18. The molecule has 0 spiro atoms. The number of hydrogen-bond donors (Lipinski definition) is 1. The highest BCUT2D eigenvalue weighted by molar-refractivity contribution is 7.97. The fourth-order valence-corrected chi connectivity index (χ4v) is 4.38. The number of hydrogen-bond acceptors (Lipinski definition) is 2. The third kappa shape index (κ3) is 7.40. The molecule has 0 aliphatic carbocycles. The molecule has 0 fully saturated rings. The topological polar surface area (TPSA) is 12.0 Å². The van der Waals surface area contributed by atoms with Crippen LogP contribution >= 0.6 is 70.0 Å². The predicted molar refractivity (Wildman–Crippen MR) is 108 cm³/mol. The summed E-state index contributed by atoms with van der Waals surface area (Å²) in [5, 5.41) is 1.33. The molecule has 0 saturated carbocycles. The second-order valence-corrected chi connectivity index (χ2v) is 8.16. The molecular formula is C16H22Cl5NS. The first-order chi connectivity index (χ1) is 11.0. The molecule has 23 heavy (non-hydrogen) atoms. The molecule has 0 bridgehead atoms. The lowest BCUT2D eigenvalue weighted by molar-refractivity contribution is 0.575. The van der Waals surface area contributed by atoms with E-state index in [-0.39, 0.29) is 15.1 Å². The third-order valence-corrected chi connectivity index (χ3v) is 6.94. The molecule has 0 heterocycles. The summed E-state index contributed by atoms with van der Waals surface area (Å²) in [6, 6.07) is 0. The molecule has 7 heteroatoms. The Morgan fingerprint density at radius 1 is 0.652 bits per heavy atom. The van der Waals surface area contributed by atoms with Crippen molar-refractivity contribution < 1.29 is 0 Å². The Labute approximate surface area is 168 Å². The molecule has 0 saturated heterocycles. The zero-order valence-corrected chi connectivity index (χ0v) is 17.8. The van der Waals surface area contributed by atoms with Crippen molar-refractivity contribution in [2.75, 3.05) is 6.54 Å². The van der Waals surface area contributed by atoms with Gasteiger partial charge in [-0.3, -0.25) is 4.72 Å². The average molecular weight is 438 g/mol. The highest BCUT2D eigenvalue weighted by atomic mass is 35.5. The smallest absolute Gasteiger partial charge is 0.0809 e. The van der Waals surface area contributed by atoms with Crippen molar-refractivity contribution in [1.82, 2.24) is 4.72 Å². The van der Waals surface area contributed by atoms with E-state index in [0.29, 0.717) is 14.9 Å². The number of benzene rings is 1. The van der Waals surface area contributed by atoms with Gasteiger partial charge in [0.05, 0.1) is 30.0 Å². The molecule has 0 atom stereocenters. The normalized spacial score (nSPS) is 11.2. The Hall–Kier alpha value is 0.980. The van der Waals surface area contributed by atoms with E-state index in [2.05, 4.69) is 11.6 Å². The summed E-state index contributed by atoms with van der Waals surface area (Å²) < 4.78 is 3.26. The van der Waals surface area contributed by atoms with E-state index in [1.54, 1.807) is 0 Å². The SMILES string of the molecule is CCCCCCCCCCNSc1c(Cl)c(Cl)c(Cl)c(Cl)c1Cl. The molecule has 0 aliphatic rings. The lowest BCUT2D eigenvalue weighted by Crippen LogP contribution is -2.05. The molecule has 1 N–H and O–H groups in total. The molecule has 0 aliphatic heterocycles. The van der Waals surface area contributed by atoms with Gasteiger partial charge in [-0.15, -0.1) is 0 Å². The van der Waals surface area contributed by atoms with Crippen LogP contribution in [0.5, 0.6) is 0 Å². The largest absolute Gasteiger partial charge is 0.260 e. The summed E-state index contributed by atoms with van der Waals surface area (Å²) in [7, 11) is 0. The van der Waals surface area contributed by atoms with Gasteiger partial charge in [-0.1, -0.05) is 110 Å². The molecule has 1 rings (SSSR count). The Bertz CT molecular complexity index is 467. The quantitative estimate of drug-likeness (QED) is 0.161. The summed E-state index contributed by atoms with van der Waals surface area (Å²) >= 11 is 31.8. The van der Waals surface area contributed by atoms with Crippen molar-refractivity contribution >= 4 is 70.0 Å². The van der Waals surface area contributed by atoms with Crippen molar-refractivity contribution in [3.63, 3.8) is 0 Å². The van der Waals surface area contributed by atoms with Gasteiger partial charge in [0, 0.05) is 6.54 Å². The maximum absolute atomic E-state index is 6.18. The highest BCUT2D eigenvalue weighted by Crippen LogP contribution is 2.47. The fourth-order valence-electron chi connectivity index (χ4n) is 2.13. The number of rotatable bonds is 11. The molecule has 1 aromatic carbocycles. The highest BCUT2D eigenvalue weighted by Gasteiger charge is 2.19. The van der Waals surface area contributed by atoms with E-state index in [0.717, 1.165) is 13.0 Å². The van der Waals surface area contributed by atoms with Gasteiger partial charge in [-0.05, 0) is 18.4 Å². The Kier molecular flexibility index (Phi) is 11.8. The zero-order valence-electron chi connectivity index (χ0n) is 13.2. The van der Waals surface area contributed by atoms with Crippen LogP contribution < -0.4 is 4.72 Å². The van der Waals surface area contributed by atoms with Gasteiger partial charge >= 0.3 is 0 Å². The van der Waals surface area contributed by atoms with Crippen molar-refractivity contribution in [3.05, 3.63) is 25.1 Å². The van der Waals surface area contributed by atoms with E-state index in [1.807, 2.05) is 0 Å². The summed E-state index contributed by atoms with van der Waals surface area (Å²) in [5.41, 5.74) is 0. The summed E-state index contributed by atoms with van der Waals surface area (Å²) in [6.07, 6.45) is 10.3. The van der Waals surface area contributed by atoms with Crippen molar-refractivity contribution in [2.45, 2.75) is 63.2 Å². The van der Waals surface area contributed by atoms with Gasteiger partial charge in [-0.25, -0.2) is 0 Å². The zero-order chi connectivity index (χ0) is 17.2. The van der Waals surface area contributed by atoms with Crippen molar-refractivity contribution in [3.8, 4) is 0 Å². The monoisotopic (exact) mass is 435 g/mol. The van der Waals surface area contributed by atoms with Crippen LogP contribution in [0.25, 0.3) is 0 Å². The van der Waals surface area contributed by atoms with Crippen LogP contribution in [0.1, 0.15) is 58.3 Å². The van der Waals surface area contributed by atoms with Crippen LogP contribution in [-0.2, 0) is 0 Å². The second kappa shape index (κ2) is 12.4. The van der Waals surface area contributed by atoms with Gasteiger partial charge < -0.3 is 0 Å². The third-order valence-electron chi connectivity index (χ3n) is 3.48. The molecule has 0 radical (unpaired) electrons. The van der Waals surface area contributed by atoms with Crippen LogP contribution in [0, 0.1) is 0 Å². The van der Waals surface area contributed by atoms with Gasteiger partial charge in [-0.2, -0.15) is 0 Å². The van der Waals surface area contributed by atoms with E-state index in [4.69, 9.17) is 58.0 Å². The Morgan fingerprint density at radius 2 is 1.09 bits per heavy atom. The van der Waals surface area contributed by atoms with Gasteiger partial charge in [0.2, 0.25) is 0 Å². The number of unbranched alkanes of at least 4 members (excludes halogenated alkanes) is 7. The molecule has 0 unspecified atom stereocenters. The maximum Gasteiger partial charge on any atom is 0.0809 e. The second-order valence-electron chi connectivity index (χ2n) is 5.37. The summed E-state index contributed by atoms with van der Waals surface area (Å²) in [6.45, 7) is 3.12. The van der Waals surface area contributed by atoms with E-state index < -0.39 is 0 Å². The first-order valence-electron chi connectivity index (χ1n) is 7.91. The summed E-state index contributed by atoms with van der Waals surface area (Å²) in [5.74, 6) is 0.